The Kier molecular flexibility index (Phi) is 9.25. The van der Waals surface area contributed by atoms with Crippen molar-refractivity contribution in [2.75, 3.05) is 57.3 Å². The Balaban J connectivity index is 1.19. The number of anilines is 1. The number of carbonyl (C=O) groups excluding carboxylic acids is 2. The normalized spacial score (nSPS) is 22.1. The van der Waals surface area contributed by atoms with Crippen molar-refractivity contribution in [1.82, 2.24) is 23.9 Å². The number of amides is 2. The van der Waals surface area contributed by atoms with E-state index in [0.29, 0.717) is 56.3 Å². The van der Waals surface area contributed by atoms with Crippen molar-refractivity contribution in [2.45, 2.75) is 44.9 Å². The molecular formula is C29H40Cl2N6O4S. The molecule has 0 spiro atoms. The molecule has 42 heavy (non-hydrogen) atoms. The first-order valence-electron chi connectivity index (χ1n) is 14.6. The van der Waals surface area contributed by atoms with E-state index in [1.165, 1.54) is 4.68 Å². The van der Waals surface area contributed by atoms with Gasteiger partial charge in [0.2, 0.25) is 21.8 Å². The Morgan fingerprint density at radius 2 is 1.69 bits per heavy atom. The predicted molar refractivity (Wildman–Crippen MR) is 163 cm³/mol. The summed E-state index contributed by atoms with van der Waals surface area (Å²) in [6.45, 7) is 10.4. The molecule has 2 unspecified atom stereocenters. The topological polar surface area (TPSA) is 99.1 Å². The molecule has 3 saturated heterocycles. The Morgan fingerprint density at radius 3 is 2.24 bits per heavy atom. The number of aryl methyl sites for hydroxylation is 3. The summed E-state index contributed by atoms with van der Waals surface area (Å²) in [5, 5.41) is 4.96. The molecule has 1 aromatic heterocycles. The summed E-state index contributed by atoms with van der Waals surface area (Å²) in [6.07, 6.45) is 2.11. The van der Waals surface area contributed by atoms with Gasteiger partial charge in [-0.15, -0.1) is 0 Å². The van der Waals surface area contributed by atoms with Gasteiger partial charge in [-0.2, -0.15) is 9.40 Å². The molecule has 2 amide bonds. The zero-order valence-electron chi connectivity index (χ0n) is 24.7. The first-order valence-corrected chi connectivity index (χ1v) is 16.8. The molecule has 3 aliphatic heterocycles. The lowest BCUT2D eigenvalue weighted by Crippen LogP contribution is -2.44. The van der Waals surface area contributed by atoms with E-state index in [1.807, 2.05) is 30.0 Å². The van der Waals surface area contributed by atoms with Crippen LogP contribution < -0.4 is 4.90 Å². The van der Waals surface area contributed by atoms with Crippen molar-refractivity contribution < 1.29 is 18.0 Å². The quantitative estimate of drug-likeness (QED) is 0.438. The van der Waals surface area contributed by atoms with Gasteiger partial charge in [-0.1, -0.05) is 29.3 Å². The maximum atomic E-state index is 13.7. The molecule has 0 N–H and O–H groups in total. The van der Waals surface area contributed by atoms with Crippen LogP contribution in [0.3, 0.4) is 0 Å². The predicted octanol–water partition coefficient (Wildman–Crippen LogP) is 3.58. The van der Waals surface area contributed by atoms with Crippen LogP contribution in [-0.4, -0.2) is 96.5 Å². The number of carbonyl (C=O) groups is 2. The molecule has 3 fully saturated rings. The number of rotatable bonds is 8. The molecule has 5 rings (SSSR count). The third-order valence-electron chi connectivity index (χ3n) is 9.11. The summed E-state index contributed by atoms with van der Waals surface area (Å²) >= 11 is 12.7. The summed E-state index contributed by atoms with van der Waals surface area (Å²) in [7, 11) is -2.07. The number of aromatic nitrogens is 2. The molecule has 0 aliphatic carbocycles. The number of benzene rings is 1. The molecule has 230 valence electrons. The van der Waals surface area contributed by atoms with E-state index < -0.39 is 10.0 Å². The molecule has 3 aliphatic rings. The van der Waals surface area contributed by atoms with Gasteiger partial charge >= 0.3 is 0 Å². The van der Waals surface area contributed by atoms with Crippen LogP contribution in [0.1, 0.15) is 37.4 Å². The molecule has 13 heteroatoms. The highest BCUT2D eigenvalue weighted by molar-refractivity contribution is 7.89. The lowest BCUT2D eigenvalue weighted by molar-refractivity contribution is -0.133. The third-order valence-corrected chi connectivity index (χ3v) is 12.0. The minimum absolute atomic E-state index is 0.0511. The fourth-order valence-electron chi connectivity index (χ4n) is 6.69. The van der Waals surface area contributed by atoms with Crippen LogP contribution in [0.15, 0.2) is 23.1 Å². The number of sulfonamides is 1. The van der Waals surface area contributed by atoms with Crippen molar-refractivity contribution in [2.24, 2.45) is 24.8 Å². The Hall–Kier alpha value is -2.18. The highest BCUT2D eigenvalue weighted by Crippen LogP contribution is 2.37. The van der Waals surface area contributed by atoms with E-state index in [-0.39, 0.29) is 39.6 Å². The van der Waals surface area contributed by atoms with Gasteiger partial charge in [0.25, 0.3) is 0 Å². The van der Waals surface area contributed by atoms with Gasteiger partial charge in [0.05, 0.1) is 5.69 Å². The first kappa shape index (κ1) is 31.3. The van der Waals surface area contributed by atoms with E-state index in [9.17, 15) is 18.0 Å². The highest BCUT2D eigenvalue weighted by atomic mass is 35.5. The number of hydrogen-bond donors (Lipinski definition) is 0. The summed E-state index contributed by atoms with van der Waals surface area (Å²) in [4.78, 5) is 31.7. The van der Waals surface area contributed by atoms with Crippen molar-refractivity contribution in [3.63, 3.8) is 0 Å². The largest absolute Gasteiger partial charge is 0.343 e. The second kappa shape index (κ2) is 12.4. The number of nitrogens with zero attached hydrogens (tertiary/aromatic N) is 6. The van der Waals surface area contributed by atoms with Gasteiger partial charge in [-0.3, -0.25) is 14.3 Å². The molecule has 0 radical (unpaired) electrons. The van der Waals surface area contributed by atoms with E-state index in [0.717, 1.165) is 37.3 Å². The number of piperidine rings is 1. The van der Waals surface area contributed by atoms with Crippen LogP contribution in [0, 0.1) is 31.6 Å². The molecule has 10 nitrogen and oxygen atoms in total. The van der Waals surface area contributed by atoms with Gasteiger partial charge in [0.1, 0.15) is 10.0 Å². The SMILES string of the molecule is CC(=O)N1CCC(C(=O)N(CCCN2CC3CN(S(=O)(=O)c4c(C)nn(C)c4Cl)CC3C2)c2ccc(C)c(Cl)c2)CC1. The monoisotopic (exact) mass is 638 g/mol. The van der Waals surface area contributed by atoms with Crippen LogP contribution in [-0.2, 0) is 26.7 Å². The molecule has 1 aromatic carbocycles. The fourth-order valence-corrected chi connectivity index (χ4v) is 9.12. The van der Waals surface area contributed by atoms with Crippen LogP contribution in [0.5, 0.6) is 0 Å². The van der Waals surface area contributed by atoms with Crippen molar-refractivity contribution in [3.05, 3.63) is 39.6 Å². The van der Waals surface area contributed by atoms with Crippen molar-refractivity contribution in [3.8, 4) is 0 Å². The average molecular weight is 640 g/mol. The zero-order valence-corrected chi connectivity index (χ0v) is 27.1. The Labute approximate surface area is 258 Å². The molecular weight excluding hydrogens is 599 g/mol. The first-order chi connectivity index (χ1) is 19.9. The number of halogens is 2. The van der Waals surface area contributed by atoms with Gasteiger partial charge in [0, 0.05) is 76.4 Å². The van der Waals surface area contributed by atoms with Crippen molar-refractivity contribution >= 4 is 50.7 Å². The molecule has 0 bridgehead atoms. The molecule has 2 atom stereocenters. The van der Waals surface area contributed by atoms with E-state index in [4.69, 9.17) is 23.2 Å². The van der Waals surface area contributed by atoms with Crippen LogP contribution >= 0.6 is 23.2 Å². The smallest absolute Gasteiger partial charge is 0.248 e. The third kappa shape index (κ3) is 6.22. The van der Waals surface area contributed by atoms with E-state index in [2.05, 4.69) is 10.00 Å². The summed E-state index contributed by atoms with van der Waals surface area (Å²) in [5.74, 6) is 0.528. The van der Waals surface area contributed by atoms with Crippen LogP contribution in [0.2, 0.25) is 10.2 Å². The number of hydrogen-bond acceptors (Lipinski definition) is 6. The van der Waals surface area contributed by atoms with Gasteiger partial charge in [0.15, 0.2) is 0 Å². The van der Waals surface area contributed by atoms with Crippen molar-refractivity contribution in [1.29, 1.82) is 0 Å². The summed E-state index contributed by atoms with van der Waals surface area (Å²) in [5.41, 5.74) is 2.18. The lowest BCUT2D eigenvalue weighted by Gasteiger charge is -2.34. The maximum Gasteiger partial charge on any atom is 0.248 e. The molecule has 2 aromatic rings. The van der Waals surface area contributed by atoms with Gasteiger partial charge < -0.3 is 14.7 Å². The average Bonchev–Trinajstić information content (AvgIpc) is 3.59. The van der Waals surface area contributed by atoms with Crippen LogP contribution in [0.25, 0.3) is 0 Å². The molecule has 0 saturated carbocycles. The second-order valence-corrected chi connectivity index (χ2v) is 14.6. The highest BCUT2D eigenvalue weighted by Gasteiger charge is 2.45. The number of fused-ring (bicyclic) bond motifs is 1. The minimum Gasteiger partial charge on any atom is -0.343 e. The zero-order chi connectivity index (χ0) is 30.3. The second-order valence-electron chi connectivity index (χ2n) is 12.0. The maximum absolute atomic E-state index is 13.7. The number of likely N-dealkylation sites (tertiary alicyclic amines) is 2. The van der Waals surface area contributed by atoms with E-state index in [1.54, 1.807) is 30.1 Å². The van der Waals surface area contributed by atoms with Crippen LogP contribution in [0.4, 0.5) is 5.69 Å². The standard InChI is InChI=1S/C29H40Cl2N6O4S/c1-19-6-7-25(14-26(19)30)37(29(39)22-8-12-35(13-9-22)21(3)38)11-5-10-34-15-23-17-36(18-24(23)16-34)42(40,41)27-20(2)32-33(4)28(27)31/h6-7,14,22-24H,5,8-13,15-18H2,1-4H3. The Morgan fingerprint density at radius 1 is 1.05 bits per heavy atom. The minimum atomic E-state index is -3.71. The van der Waals surface area contributed by atoms with Gasteiger partial charge in [-0.25, -0.2) is 8.42 Å². The summed E-state index contributed by atoms with van der Waals surface area (Å²) in [6, 6.07) is 5.76. The lowest BCUT2D eigenvalue weighted by atomic mass is 9.94. The Bertz CT molecular complexity index is 1440. The van der Waals surface area contributed by atoms with E-state index >= 15 is 0 Å². The molecule has 4 heterocycles. The van der Waals surface area contributed by atoms with Gasteiger partial charge in [-0.05, 0) is 69.2 Å². The summed E-state index contributed by atoms with van der Waals surface area (Å²) < 4.78 is 29.7. The fraction of sp³-hybridized carbons (Fsp3) is 0.621.